The summed E-state index contributed by atoms with van der Waals surface area (Å²) >= 11 is 0. The van der Waals surface area contributed by atoms with E-state index >= 15 is 0 Å². The van der Waals surface area contributed by atoms with E-state index in [0.29, 0.717) is 11.5 Å². The van der Waals surface area contributed by atoms with Gasteiger partial charge in [-0.05, 0) is 25.0 Å². The van der Waals surface area contributed by atoms with Gasteiger partial charge in [0.25, 0.3) is 0 Å². The van der Waals surface area contributed by atoms with Crippen LogP contribution in [0.15, 0.2) is 18.2 Å². The maximum atomic E-state index is 12.2. The number of benzene rings is 1. The van der Waals surface area contributed by atoms with Crippen molar-refractivity contribution in [2.75, 3.05) is 12.1 Å². The molecule has 1 aliphatic heterocycles. The first-order valence-electron chi connectivity index (χ1n) is 6.70. The Morgan fingerprint density at radius 1 is 1.21 bits per heavy atom. The molecule has 0 saturated heterocycles. The Morgan fingerprint density at radius 3 is 2.84 bits per heavy atom. The van der Waals surface area contributed by atoms with E-state index in [1.165, 1.54) is 0 Å². The molecule has 1 heterocycles. The fourth-order valence-corrected chi connectivity index (χ4v) is 2.69. The summed E-state index contributed by atoms with van der Waals surface area (Å²) < 4.78 is 10.5. The van der Waals surface area contributed by atoms with Crippen molar-refractivity contribution in [1.82, 2.24) is 0 Å². The molecule has 0 aromatic heterocycles. The molecule has 3 N–H and O–H groups in total. The molecule has 0 spiro atoms. The molecule has 3 rings (SSSR count). The van der Waals surface area contributed by atoms with Crippen LogP contribution in [0.25, 0.3) is 0 Å². The topological polar surface area (TPSA) is 73.6 Å². The van der Waals surface area contributed by atoms with Crippen LogP contribution in [0.4, 0.5) is 5.69 Å². The second-order valence-corrected chi connectivity index (χ2v) is 5.11. The number of nitrogens with one attached hydrogen (secondary N) is 1. The minimum absolute atomic E-state index is 0.00562. The molecular weight excluding hydrogens is 244 g/mol. The largest absolute Gasteiger partial charge is 0.454 e. The molecule has 1 aliphatic carbocycles. The number of hydrogen-bond acceptors (Lipinski definition) is 4. The van der Waals surface area contributed by atoms with E-state index in [0.717, 1.165) is 31.4 Å². The van der Waals surface area contributed by atoms with Gasteiger partial charge in [0, 0.05) is 17.8 Å². The molecule has 19 heavy (non-hydrogen) atoms. The van der Waals surface area contributed by atoms with Gasteiger partial charge >= 0.3 is 0 Å². The van der Waals surface area contributed by atoms with Gasteiger partial charge < -0.3 is 20.5 Å². The molecule has 1 aromatic rings. The van der Waals surface area contributed by atoms with Crippen LogP contribution >= 0.6 is 0 Å². The van der Waals surface area contributed by atoms with Crippen molar-refractivity contribution in [1.29, 1.82) is 0 Å². The van der Waals surface area contributed by atoms with E-state index in [1.54, 1.807) is 12.1 Å². The van der Waals surface area contributed by atoms with E-state index in [1.807, 2.05) is 6.07 Å². The van der Waals surface area contributed by atoms with Gasteiger partial charge in [-0.3, -0.25) is 4.79 Å². The fraction of sp³-hybridized carbons (Fsp3) is 0.500. The lowest BCUT2D eigenvalue weighted by Gasteiger charge is -2.27. The Morgan fingerprint density at radius 2 is 2.00 bits per heavy atom. The van der Waals surface area contributed by atoms with Gasteiger partial charge in [-0.25, -0.2) is 0 Å². The van der Waals surface area contributed by atoms with Crippen LogP contribution in [0.3, 0.4) is 0 Å². The smallest absolute Gasteiger partial charge is 0.231 e. The van der Waals surface area contributed by atoms with Crippen molar-refractivity contribution in [2.24, 2.45) is 11.7 Å². The van der Waals surface area contributed by atoms with Gasteiger partial charge in [0.15, 0.2) is 11.5 Å². The number of ether oxygens (including phenoxy) is 2. The Hall–Kier alpha value is -1.75. The van der Waals surface area contributed by atoms with E-state index < -0.39 is 0 Å². The summed E-state index contributed by atoms with van der Waals surface area (Å²) in [7, 11) is 0. The van der Waals surface area contributed by atoms with Crippen molar-refractivity contribution in [3.63, 3.8) is 0 Å². The lowest BCUT2D eigenvalue weighted by molar-refractivity contribution is -0.121. The predicted octanol–water partition coefficient (Wildman–Crippen LogP) is 1.87. The minimum atomic E-state index is -0.0841. The standard InChI is InChI=1S/C14H18N2O3/c15-11-4-2-1-3-10(11)14(17)16-9-5-6-12-13(7-9)19-8-18-12/h5-7,10-11H,1-4,8,15H2,(H,16,17). The van der Waals surface area contributed by atoms with Gasteiger partial charge in [0.1, 0.15) is 0 Å². The summed E-state index contributed by atoms with van der Waals surface area (Å²) in [6.45, 7) is 0.236. The number of carbonyl (C=O) groups excluding carboxylic acids is 1. The van der Waals surface area contributed by atoms with Crippen molar-refractivity contribution in [3.8, 4) is 11.5 Å². The Bertz CT molecular complexity index is 490. The number of amides is 1. The molecule has 1 fully saturated rings. The van der Waals surface area contributed by atoms with Crippen LogP contribution < -0.4 is 20.5 Å². The summed E-state index contributed by atoms with van der Waals surface area (Å²) in [4.78, 5) is 12.2. The summed E-state index contributed by atoms with van der Waals surface area (Å²) in [6.07, 6.45) is 4.00. The van der Waals surface area contributed by atoms with Crippen LogP contribution in [-0.2, 0) is 4.79 Å². The molecule has 1 amide bonds. The zero-order valence-electron chi connectivity index (χ0n) is 10.7. The highest BCUT2D eigenvalue weighted by molar-refractivity contribution is 5.93. The molecule has 5 nitrogen and oxygen atoms in total. The predicted molar refractivity (Wildman–Crippen MR) is 71.1 cm³/mol. The highest BCUT2D eigenvalue weighted by Crippen LogP contribution is 2.34. The fourth-order valence-electron chi connectivity index (χ4n) is 2.69. The van der Waals surface area contributed by atoms with Crippen LogP contribution in [0, 0.1) is 5.92 Å². The van der Waals surface area contributed by atoms with Crippen molar-refractivity contribution in [3.05, 3.63) is 18.2 Å². The second-order valence-electron chi connectivity index (χ2n) is 5.11. The number of rotatable bonds is 2. The second kappa shape index (κ2) is 5.09. The highest BCUT2D eigenvalue weighted by Gasteiger charge is 2.28. The van der Waals surface area contributed by atoms with Gasteiger partial charge in [0.05, 0.1) is 5.92 Å². The molecule has 102 valence electrons. The zero-order chi connectivity index (χ0) is 13.2. The maximum absolute atomic E-state index is 12.2. The molecule has 2 aliphatic rings. The first-order valence-corrected chi connectivity index (χ1v) is 6.70. The highest BCUT2D eigenvalue weighted by atomic mass is 16.7. The van der Waals surface area contributed by atoms with Gasteiger partial charge in [0.2, 0.25) is 12.7 Å². The average molecular weight is 262 g/mol. The molecular formula is C14H18N2O3. The van der Waals surface area contributed by atoms with Crippen molar-refractivity contribution >= 4 is 11.6 Å². The molecule has 0 bridgehead atoms. The van der Waals surface area contributed by atoms with Crippen LogP contribution in [0.2, 0.25) is 0 Å². The van der Waals surface area contributed by atoms with E-state index in [2.05, 4.69) is 5.32 Å². The summed E-state index contributed by atoms with van der Waals surface area (Å²) in [6, 6.07) is 5.38. The lowest BCUT2D eigenvalue weighted by Crippen LogP contribution is -2.40. The third-order valence-corrected chi connectivity index (χ3v) is 3.80. The number of hydrogen-bond donors (Lipinski definition) is 2. The Kier molecular flexibility index (Phi) is 3.29. The van der Waals surface area contributed by atoms with E-state index in [-0.39, 0.29) is 24.7 Å². The average Bonchev–Trinajstić information content (AvgIpc) is 2.86. The SMILES string of the molecule is NC1CCCCC1C(=O)Nc1ccc2c(c1)OCO2. The Labute approximate surface area is 112 Å². The molecule has 2 atom stereocenters. The normalized spacial score (nSPS) is 25.1. The number of nitrogens with two attached hydrogens (primary N) is 1. The van der Waals surface area contributed by atoms with Crippen molar-refractivity contribution < 1.29 is 14.3 Å². The summed E-state index contributed by atoms with van der Waals surface area (Å²) in [5.74, 6) is 1.31. The quantitative estimate of drug-likeness (QED) is 0.853. The molecule has 1 saturated carbocycles. The van der Waals surface area contributed by atoms with Crippen LogP contribution in [0.5, 0.6) is 11.5 Å². The number of anilines is 1. The van der Waals surface area contributed by atoms with Crippen molar-refractivity contribution in [2.45, 2.75) is 31.7 Å². The third kappa shape index (κ3) is 2.51. The van der Waals surface area contributed by atoms with Crippen LogP contribution in [-0.4, -0.2) is 18.7 Å². The van der Waals surface area contributed by atoms with Gasteiger partial charge in [-0.2, -0.15) is 0 Å². The molecule has 0 radical (unpaired) electrons. The van der Waals surface area contributed by atoms with E-state index in [4.69, 9.17) is 15.2 Å². The molecule has 2 unspecified atom stereocenters. The first-order chi connectivity index (χ1) is 9.24. The Balaban J connectivity index is 1.69. The summed E-state index contributed by atoms with van der Waals surface area (Å²) in [5, 5.41) is 2.92. The van der Waals surface area contributed by atoms with Crippen LogP contribution in [0.1, 0.15) is 25.7 Å². The number of fused-ring (bicyclic) bond motifs is 1. The monoisotopic (exact) mass is 262 g/mol. The lowest BCUT2D eigenvalue weighted by atomic mass is 9.84. The first kappa shape index (κ1) is 12.3. The third-order valence-electron chi connectivity index (χ3n) is 3.80. The van der Waals surface area contributed by atoms with Gasteiger partial charge in [-0.1, -0.05) is 12.8 Å². The summed E-state index contributed by atoms with van der Waals surface area (Å²) in [5.41, 5.74) is 6.75. The maximum Gasteiger partial charge on any atom is 0.231 e. The van der Waals surface area contributed by atoms with Gasteiger partial charge in [-0.15, -0.1) is 0 Å². The number of carbonyl (C=O) groups is 1. The minimum Gasteiger partial charge on any atom is -0.454 e. The zero-order valence-corrected chi connectivity index (χ0v) is 10.7. The molecule has 1 aromatic carbocycles. The van der Waals surface area contributed by atoms with E-state index in [9.17, 15) is 4.79 Å². The molecule has 5 heteroatoms.